The van der Waals surface area contributed by atoms with Gasteiger partial charge in [0.1, 0.15) is 0 Å². The van der Waals surface area contributed by atoms with Gasteiger partial charge < -0.3 is 14.9 Å². The van der Waals surface area contributed by atoms with E-state index in [2.05, 4.69) is 4.98 Å². The molecule has 1 aliphatic rings. The van der Waals surface area contributed by atoms with Crippen LogP contribution in [-0.4, -0.2) is 58.8 Å². The highest BCUT2D eigenvalue weighted by molar-refractivity contribution is 7.14. The number of hydrogen-bond donors (Lipinski definition) is 1. The maximum absolute atomic E-state index is 13.4. The van der Waals surface area contributed by atoms with Crippen LogP contribution in [0.2, 0.25) is 10.0 Å². The molecular formula is C20H21Cl2N3O3S. The third-order valence-corrected chi connectivity index (χ3v) is 6.34. The van der Waals surface area contributed by atoms with Crippen LogP contribution in [0.25, 0.3) is 0 Å². The van der Waals surface area contributed by atoms with E-state index in [-0.39, 0.29) is 5.57 Å². The molecule has 1 N–H and O–H groups in total. The summed E-state index contributed by atoms with van der Waals surface area (Å²) in [6.07, 6.45) is 0. The van der Waals surface area contributed by atoms with Crippen LogP contribution in [0.3, 0.4) is 0 Å². The lowest BCUT2D eigenvalue weighted by Gasteiger charge is -2.28. The van der Waals surface area contributed by atoms with Crippen LogP contribution in [0.4, 0.5) is 0 Å². The number of aromatic nitrogens is 1. The zero-order valence-electron chi connectivity index (χ0n) is 16.5. The van der Waals surface area contributed by atoms with E-state index in [9.17, 15) is 14.7 Å². The normalized spacial score (nSPS) is 17.0. The molecule has 0 saturated carbocycles. The average Bonchev–Trinajstić information content (AvgIpc) is 3.09. The maximum Gasteiger partial charge on any atom is 0.290 e. The topological polar surface area (TPSA) is 73.7 Å². The second-order valence-electron chi connectivity index (χ2n) is 7.11. The van der Waals surface area contributed by atoms with Crippen molar-refractivity contribution in [3.05, 3.63) is 60.7 Å². The molecule has 0 aliphatic carbocycles. The summed E-state index contributed by atoms with van der Waals surface area (Å²) in [5.41, 5.74) is 1.12. The minimum Gasteiger partial charge on any atom is -0.503 e. The number of carbonyl (C=O) groups is 2. The molecule has 1 unspecified atom stereocenters. The molecule has 0 bridgehead atoms. The first-order chi connectivity index (χ1) is 13.6. The van der Waals surface area contributed by atoms with Crippen molar-refractivity contribution in [3.8, 4) is 0 Å². The number of carbonyl (C=O) groups excluding carboxylic acids is 2. The van der Waals surface area contributed by atoms with Gasteiger partial charge in [-0.15, -0.1) is 11.3 Å². The van der Waals surface area contributed by atoms with Gasteiger partial charge in [-0.25, -0.2) is 4.98 Å². The molecule has 1 aliphatic heterocycles. The van der Waals surface area contributed by atoms with Crippen LogP contribution < -0.4 is 0 Å². The van der Waals surface area contributed by atoms with Gasteiger partial charge in [0.05, 0.1) is 27.2 Å². The summed E-state index contributed by atoms with van der Waals surface area (Å²) in [6.45, 7) is 4.41. The van der Waals surface area contributed by atoms with Gasteiger partial charge in [-0.05, 0) is 45.6 Å². The highest BCUT2D eigenvalue weighted by Crippen LogP contribution is 2.42. The Morgan fingerprint density at radius 2 is 2.00 bits per heavy atom. The Morgan fingerprint density at radius 3 is 2.55 bits per heavy atom. The number of thiazole rings is 1. The molecule has 1 atom stereocenters. The molecule has 0 fully saturated rings. The van der Waals surface area contributed by atoms with E-state index in [0.717, 1.165) is 5.01 Å². The average molecular weight is 454 g/mol. The fourth-order valence-corrected chi connectivity index (χ4v) is 4.72. The first kappa shape index (κ1) is 21.8. The van der Waals surface area contributed by atoms with Crippen molar-refractivity contribution < 1.29 is 14.7 Å². The molecule has 6 nitrogen and oxygen atoms in total. The third kappa shape index (κ3) is 4.19. The smallest absolute Gasteiger partial charge is 0.290 e. The second-order valence-corrected chi connectivity index (χ2v) is 9.16. The molecule has 9 heteroatoms. The third-order valence-electron chi connectivity index (χ3n) is 4.70. The Bertz CT molecular complexity index is 1020. The molecule has 1 amide bonds. The Balaban J connectivity index is 2.13. The fraction of sp³-hybridized carbons (Fsp3) is 0.350. The van der Waals surface area contributed by atoms with Gasteiger partial charge >= 0.3 is 0 Å². The maximum atomic E-state index is 13.4. The summed E-state index contributed by atoms with van der Waals surface area (Å²) >= 11 is 13.7. The van der Waals surface area contributed by atoms with Crippen LogP contribution in [0.1, 0.15) is 32.0 Å². The van der Waals surface area contributed by atoms with Crippen LogP contribution in [0.5, 0.6) is 0 Å². The Kier molecular flexibility index (Phi) is 6.33. The zero-order chi connectivity index (χ0) is 21.5. The van der Waals surface area contributed by atoms with E-state index in [0.29, 0.717) is 39.3 Å². The lowest BCUT2D eigenvalue weighted by molar-refractivity contribution is -0.129. The van der Waals surface area contributed by atoms with Gasteiger partial charge in [0.2, 0.25) is 5.78 Å². The number of likely N-dealkylation sites (N-methyl/N-ethyl adjacent to an activating group) is 1. The number of halogens is 2. The van der Waals surface area contributed by atoms with Crippen molar-refractivity contribution in [2.75, 3.05) is 27.2 Å². The number of aliphatic hydroxyl groups excluding tert-OH is 1. The number of benzene rings is 1. The van der Waals surface area contributed by atoms with Crippen molar-refractivity contribution in [2.45, 2.75) is 19.9 Å². The standard InChI is InChI=1S/C20H21Cl2N3O3S/c1-10-19(29-11(2)23-10)17(26)15-16(13-6-5-12(21)9-14(13)22)25(8-7-24(3)4)20(28)18(15)27/h5-6,9,16,27H,7-8H2,1-4H3. The van der Waals surface area contributed by atoms with Crippen LogP contribution in [0.15, 0.2) is 29.5 Å². The number of aryl methyl sites for hydroxylation is 2. The molecule has 0 spiro atoms. The molecule has 1 aromatic carbocycles. The van der Waals surface area contributed by atoms with Crippen molar-refractivity contribution in [2.24, 2.45) is 0 Å². The van der Waals surface area contributed by atoms with E-state index < -0.39 is 23.5 Å². The van der Waals surface area contributed by atoms with E-state index in [1.54, 1.807) is 32.0 Å². The van der Waals surface area contributed by atoms with Crippen LogP contribution >= 0.6 is 34.5 Å². The molecule has 154 valence electrons. The summed E-state index contributed by atoms with van der Waals surface area (Å²) in [5.74, 6) is -1.55. The van der Waals surface area contributed by atoms with Gasteiger partial charge in [0.15, 0.2) is 5.76 Å². The van der Waals surface area contributed by atoms with Gasteiger partial charge in [0, 0.05) is 23.1 Å². The predicted octanol–water partition coefficient (Wildman–Crippen LogP) is 4.21. The van der Waals surface area contributed by atoms with Crippen molar-refractivity contribution >= 4 is 46.2 Å². The second kappa shape index (κ2) is 8.44. The Hall–Kier alpha value is -1.93. The first-order valence-electron chi connectivity index (χ1n) is 8.94. The SMILES string of the molecule is Cc1nc(C)c(C(=O)C2=C(O)C(=O)N(CCN(C)C)C2c2ccc(Cl)cc2Cl)s1. The molecule has 1 aromatic heterocycles. The molecule has 3 rings (SSSR count). The lowest BCUT2D eigenvalue weighted by atomic mass is 9.95. The molecule has 0 saturated heterocycles. The number of nitrogens with zero attached hydrogens (tertiary/aromatic N) is 3. The molecule has 2 aromatic rings. The van der Waals surface area contributed by atoms with Crippen molar-refractivity contribution in [3.63, 3.8) is 0 Å². The fourth-order valence-electron chi connectivity index (χ4n) is 3.33. The largest absolute Gasteiger partial charge is 0.503 e. The zero-order valence-corrected chi connectivity index (χ0v) is 18.8. The van der Waals surface area contributed by atoms with E-state index in [4.69, 9.17) is 23.2 Å². The molecule has 29 heavy (non-hydrogen) atoms. The minimum atomic E-state index is -0.804. The van der Waals surface area contributed by atoms with Crippen molar-refractivity contribution in [1.82, 2.24) is 14.8 Å². The van der Waals surface area contributed by atoms with Gasteiger partial charge in [0.25, 0.3) is 5.91 Å². The quantitative estimate of drug-likeness (QED) is 0.663. The predicted molar refractivity (Wildman–Crippen MR) is 115 cm³/mol. The monoisotopic (exact) mass is 453 g/mol. The number of Topliss-reactive ketones (excluding diaryl/α,β-unsaturated/α-hetero) is 1. The van der Waals surface area contributed by atoms with Gasteiger partial charge in [-0.1, -0.05) is 29.3 Å². The summed E-state index contributed by atoms with van der Waals surface area (Å²) in [4.78, 5) is 34.4. The lowest BCUT2D eigenvalue weighted by Crippen LogP contribution is -2.36. The van der Waals surface area contributed by atoms with E-state index >= 15 is 0 Å². The molecule has 2 heterocycles. The van der Waals surface area contributed by atoms with E-state index in [1.165, 1.54) is 16.2 Å². The number of amides is 1. The summed E-state index contributed by atoms with van der Waals surface area (Å²) < 4.78 is 0. The molecule has 0 radical (unpaired) electrons. The minimum absolute atomic E-state index is 0.0183. The summed E-state index contributed by atoms with van der Waals surface area (Å²) in [7, 11) is 3.77. The van der Waals surface area contributed by atoms with Crippen molar-refractivity contribution in [1.29, 1.82) is 0 Å². The van der Waals surface area contributed by atoms with Crippen LogP contribution in [-0.2, 0) is 4.79 Å². The Morgan fingerprint density at radius 1 is 1.31 bits per heavy atom. The van der Waals surface area contributed by atoms with Gasteiger partial charge in [-0.3, -0.25) is 9.59 Å². The molecular weight excluding hydrogens is 433 g/mol. The number of rotatable bonds is 6. The van der Waals surface area contributed by atoms with E-state index in [1.807, 2.05) is 19.0 Å². The first-order valence-corrected chi connectivity index (χ1v) is 10.5. The number of aliphatic hydroxyl groups is 1. The summed E-state index contributed by atoms with van der Waals surface area (Å²) in [6, 6.07) is 4.09. The summed E-state index contributed by atoms with van der Waals surface area (Å²) in [5, 5.41) is 12.2. The van der Waals surface area contributed by atoms with Crippen LogP contribution in [0, 0.1) is 13.8 Å². The highest BCUT2D eigenvalue weighted by atomic mass is 35.5. The van der Waals surface area contributed by atoms with Gasteiger partial charge in [-0.2, -0.15) is 0 Å². The number of ketones is 1. The number of hydrogen-bond acceptors (Lipinski definition) is 6. The Labute approximate surface area is 183 Å². The highest BCUT2D eigenvalue weighted by Gasteiger charge is 2.45.